The number of rotatable bonds is 3. The van der Waals surface area contributed by atoms with E-state index in [9.17, 15) is 5.11 Å². The van der Waals surface area contributed by atoms with E-state index in [1.165, 1.54) is 0 Å². The average Bonchev–Trinajstić information content (AvgIpc) is 2.12. The topological polar surface area (TPSA) is 55.5 Å². The molecule has 0 radical (unpaired) electrons. The van der Waals surface area contributed by atoms with Gasteiger partial charge < -0.3 is 15.6 Å². The number of aromatic hydroxyl groups is 1. The summed E-state index contributed by atoms with van der Waals surface area (Å²) in [7, 11) is 0. The monoisotopic (exact) mass is 295 g/mol. The molecule has 0 aliphatic rings. The van der Waals surface area contributed by atoms with E-state index in [2.05, 4.69) is 15.9 Å². The number of hydrogen-bond donors (Lipinski definition) is 2. The molecule has 3 nitrogen and oxygen atoms in total. The van der Waals surface area contributed by atoms with Crippen molar-refractivity contribution >= 4 is 28.3 Å². The highest BCUT2D eigenvalue weighted by Gasteiger charge is 2.10. The van der Waals surface area contributed by atoms with Gasteiger partial charge in [0.1, 0.15) is 0 Å². The van der Waals surface area contributed by atoms with Crippen molar-refractivity contribution < 1.29 is 9.84 Å². The van der Waals surface area contributed by atoms with E-state index in [4.69, 9.17) is 10.5 Å². The first kappa shape index (κ1) is 14.5. The molecule has 0 bridgehead atoms. The largest absolute Gasteiger partial charge is 0.503 e. The number of hydrogen-bond acceptors (Lipinski definition) is 3. The lowest BCUT2D eigenvalue weighted by Gasteiger charge is -2.12. The second-order valence-corrected chi connectivity index (χ2v) is 3.93. The maximum absolute atomic E-state index is 9.62. The zero-order valence-electron chi connectivity index (χ0n) is 8.66. The van der Waals surface area contributed by atoms with Gasteiger partial charge in [-0.25, -0.2) is 0 Å². The van der Waals surface area contributed by atoms with Crippen molar-refractivity contribution in [2.75, 3.05) is 6.61 Å². The summed E-state index contributed by atoms with van der Waals surface area (Å²) in [6, 6.07) is 3.47. The van der Waals surface area contributed by atoms with Gasteiger partial charge in [-0.1, -0.05) is 0 Å². The lowest BCUT2D eigenvalue weighted by molar-refractivity contribution is 0.316. The summed E-state index contributed by atoms with van der Waals surface area (Å²) in [5.74, 6) is 0.588. The smallest absolute Gasteiger partial charge is 0.172 e. The van der Waals surface area contributed by atoms with Gasteiger partial charge in [-0.3, -0.25) is 0 Å². The Labute approximate surface area is 104 Å². The van der Waals surface area contributed by atoms with Crippen LogP contribution in [0, 0.1) is 0 Å². The fourth-order valence-electron chi connectivity index (χ4n) is 1.12. The maximum atomic E-state index is 9.62. The first-order chi connectivity index (χ1) is 6.56. The Balaban J connectivity index is 0.00000196. The SMILES string of the molecule is CCOc1cc([C@H](C)N)cc(Br)c1O.Cl. The van der Waals surface area contributed by atoms with Crippen LogP contribution in [0.5, 0.6) is 11.5 Å². The van der Waals surface area contributed by atoms with Crippen molar-refractivity contribution in [2.45, 2.75) is 19.9 Å². The van der Waals surface area contributed by atoms with E-state index in [0.29, 0.717) is 16.8 Å². The number of nitrogens with two attached hydrogens (primary N) is 1. The molecule has 15 heavy (non-hydrogen) atoms. The highest BCUT2D eigenvalue weighted by Crippen LogP contribution is 2.36. The van der Waals surface area contributed by atoms with Crippen molar-refractivity contribution in [3.63, 3.8) is 0 Å². The van der Waals surface area contributed by atoms with Crippen LogP contribution >= 0.6 is 28.3 Å². The lowest BCUT2D eigenvalue weighted by Crippen LogP contribution is -2.05. The molecule has 0 saturated heterocycles. The Morgan fingerprint density at radius 1 is 1.53 bits per heavy atom. The Kier molecular flexibility index (Phi) is 6.02. The zero-order chi connectivity index (χ0) is 10.7. The quantitative estimate of drug-likeness (QED) is 0.901. The fourth-order valence-corrected chi connectivity index (χ4v) is 1.58. The van der Waals surface area contributed by atoms with Crippen LogP contribution in [0.15, 0.2) is 16.6 Å². The summed E-state index contributed by atoms with van der Waals surface area (Å²) in [6.07, 6.45) is 0. The summed E-state index contributed by atoms with van der Waals surface area (Å²) >= 11 is 3.25. The molecule has 0 heterocycles. The van der Waals surface area contributed by atoms with Gasteiger partial charge in [0.2, 0.25) is 0 Å². The molecule has 3 N–H and O–H groups in total. The second kappa shape index (κ2) is 6.20. The third kappa shape index (κ3) is 3.55. The average molecular weight is 297 g/mol. The first-order valence-electron chi connectivity index (χ1n) is 4.47. The van der Waals surface area contributed by atoms with Crippen LogP contribution in [0.1, 0.15) is 25.5 Å². The highest BCUT2D eigenvalue weighted by molar-refractivity contribution is 9.10. The molecule has 0 spiro atoms. The minimum absolute atomic E-state index is 0. The van der Waals surface area contributed by atoms with E-state index < -0.39 is 0 Å². The van der Waals surface area contributed by atoms with Crippen molar-refractivity contribution in [2.24, 2.45) is 5.73 Å². The molecule has 1 aromatic carbocycles. The van der Waals surface area contributed by atoms with E-state index in [1.54, 1.807) is 12.1 Å². The zero-order valence-corrected chi connectivity index (χ0v) is 11.1. The number of benzene rings is 1. The first-order valence-corrected chi connectivity index (χ1v) is 5.26. The van der Waals surface area contributed by atoms with Gasteiger partial charge in [0, 0.05) is 6.04 Å². The van der Waals surface area contributed by atoms with E-state index in [0.717, 1.165) is 5.56 Å². The Bertz CT molecular complexity index is 331. The Hall–Kier alpha value is -0.450. The molecule has 86 valence electrons. The Morgan fingerprint density at radius 2 is 2.13 bits per heavy atom. The molecule has 0 aliphatic heterocycles. The van der Waals surface area contributed by atoms with Crippen LogP contribution in [0.4, 0.5) is 0 Å². The summed E-state index contributed by atoms with van der Waals surface area (Å²) in [6.45, 7) is 4.27. The summed E-state index contributed by atoms with van der Waals surface area (Å²) in [5, 5.41) is 9.62. The molecule has 5 heteroatoms. The van der Waals surface area contributed by atoms with Crippen LogP contribution in [0.2, 0.25) is 0 Å². The van der Waals surface area contributed by atoms with Gasteiger partial charge in [-0.15, -0.1) is 12.4 Å². The normalized spacial score (nSPS) is 11.7. The van der Waals surface area contributed by atoms with Crippen molar-refractivity contribution in [1.82, 2.24) is 0 Å². The number of halogens is 2. The van der Waals surface area contributed by atoms with Gasteiger partial charge in [-0.05, 0) is 47.5 Å². The maximum Gasteiger partial charge on any atom is 0.172 e. The number of ether oxygens (including phenoxy) is 1. The molecule has 0 aromatic heterocycles. The highest BCUT2D eigenvalue weighted by atomic mass is 79.9. The third-order valence-electron chi connectivity index (χ3n) is 1.88. The van der Waals surface area contributed by atoms with Crippen LogP contribution in [-0.4, -0.2) is 11.7 Å². The molecule has 0 aliphatic carbocycles. The van der Waals surface area contributed by atoms with Gasteiger partial charge in [0.05, 0.1) is 11.1 Å². The molecule has 1 rings (SSSR count). The fraction of sp³-hybridized carbons (Fsp3) is 0.400. The van der Waals surface area contributed by atoms with E-state index in [-0.39, 0.29) is 24.2 Å². The molecule has 0 unspecified atom stereocenters. The van der Waals surface area contributed by atoms with Crippen LogP contribution in [-0.2, 0) is 0 Å². The summed E-state index contributed by atoms with van der Waals surface area (Å²) in [5.41, 5.74) is 6.67. The van der Waals surface area contributed by atoms with Crippen LogP contribution in [0.25, 0.3) is 0 Å². The molecular formula is C10H15BrClNO2. The van der Waals surface area contributed by atoms with E-state index >= 15 is 0 Å². The summed E-state index contributed by atoms with van der Waals surface area (Å²) in [4.78, 5) is 0. The number of phenols is 1. The molecule has 1 aromatic rings. The van der Waals surface area contributed by atoms with Gasteiger partial charge in [-0.2, -0.15) is 0 Å². The molecule has 0 fully saturated rings. The van der Waals surface area contributed by atoms with Crippen molar-refractivity contribution in [3.05, 3.63) is 22.2 Å². The van der Waals surface area contributed by atoms with Crippen LogP contribution < -0.4 is 10.5 Å². The lowest BCUT2D eigenvalue weighted by atomic mass is 10.1. The third-order valence-corrected chi connectivity index (χ3v) is 2.48. The predicted molar refractivity (Wildman–Crippen MR) is 66.8 cm³/mol. The summed E-state index contributed by atoms with van der Waals surface area (Å²) < 4.78 is 5.88. The standard InChI is InChI=1S/C10H14BrNO2.ClH/c1-3-14-9-5-7(6(2)12)4-8(11)10(9)13;/h4-6,13H,3,12H2,1-2H3;1H/t6-;/m0./s1. The van der Waals surface area contributed by atoms with Gasteiger partial charge in [0.25, 0.3) is 0 Å². The molecule has 0 saturated carbocycles. The van der Waals surface area contributed by atoms with Crippen molar-refractivity contribution in [3.8, 4) is 11.5 Å². The molecule has 0 amide bonds. The van der Waals surface area contributed by atoms with E-state index in [1.807, 2.05) is 13.8 Å². The molecular weight excluding hydrogens is 281 g/mol. The predicted octanol–water partition coefficient (Wildman–Crippen LogP) is 2.99. The second-order valence-electron chi connectivity index (χ2n) is 3.07. The minimum Gasteiger partial charge on any atom is -0.503 e. The van der Waals surface area contributed by atoms with Gasteiger partial charge in [0.15, 0.2) is 11.5 Å². The minimum atomic E-state index is -0.0777. The van der Waals surface area contributed by atoms with Gasteiger partial charge >= 0.3 is 0 Å². The molecule has 1 atom stereocenters. The Morgan fingerprint density at radius 3 is 2.60 bits per heavy atom. The van der Waals surface area contributed by atoms with Crippen molar-refractivity contribution in [1.29, 1.82) is 0 Å². The number of phenolic OH excluding ortho intramolecular Hbond substituents is 1. The van der Waals surface area contributed by atoms with Crippen LogP contribution in [0.3, 0.4) is 0 Å².